The first-order chi connectivity index (χ1) is 5.82. The van der Waals surface area contributed by atoms with Crippen LogP contribution in [0.4, 0.5) is 23.2 Å². The van der Waals surface area contributed by atoms with Crippen LogP contribution in [0.3, 0.4) is 0 Å². The van der Waals surface area contributed by atoms with Crippen LogP contribution in [-0.2, 0) is 6.18 Å². The van der Waals surface area contributed by atoms with E-state index < -0.39 is 28.3 Å². The third-order valence-corrected chi connectivity index (χ3v) is 1.67. The second kappa shape index (κ2) is 3.06. The Kier molecular flexibility index (Phi) is 2.38. The summed E-state index contributed by atoms with van der Waals surface area (Å²) in [5.74, 6) is -0.893. The molecule has 0 aliphatic rings. The number of rotatable bonds is 0. The van der Waals surface area contributed by atoms with E-state index in [2.05, 4.69) is 0 Å². The Balaban J connectivity index is 3.38. The van der Waals surface area contributed by atoms with Crippen molar-refractivity contribution < 1.29 is 17.6 Å². The molecule has 0 saturated heterocycles. The summed E-state index contributed by atoms with van der Waals surface area (Å²) in [4.78, 5) is 0. The highest BCUT2D eigenvalue weighted by molar-refractivity contribution is 6.31. The molecule has 1 nitrogen and oxygen atoms in total. The van der Waals surface area contributed by atoms with E-state index in [0.717, 1.165) is 0 Å². The van der Waals surface area contributed by atoms with Crippen LogP contribution in [0.15, 0.2) is 12.1 Å². The fourth-order valence-corrected chi connectivity index (χ4v) is 1.21. The van der Waals surface area contributed by atoms with Crippen LogP contribution in [0, 0.1) is 5.82 Å². The molecule has 0 spiro atoms. The lowest BCUT2D eigenvalue weighted by Gasteiger charge is -2.11. The molecular formula is C7H4ClF4N. The first kappa shape index (κ1) is 10.1. The summed E-state index contributed by atoms with van der Waals surface area (Å²) in [7, 11) is 0. The third-order valence-electron chi connectivity index (χ3n) is 1.37. The molecule has 0 amide bonds. The van der Waals surface area contributed by atoms with Gasteiger partial charge < -0.3 is 5.73 Å². The van der Waals surface area contributed by atoms with Crippen LogP contribution in [0.5, 0.6) is 0 Å². The Bertz CT molecular complexity index is 311. The zero-order chi connectivity index (χ0) is 10.2. The lowest BCUT2D eigenvalue weighted by molar-refractivity contribution is -0.136. The van der Waals surface area contributed by atoms with E-state index in [1.165, 1.54) is 0 Å². The van der Waals surface area contributed by atoms with Crippen LogP contribution in [-0.4, -0.2) is 0 Å². The molecular weight excluding hydrogens is 210 g/mol. The first-order valence-electron chi connectivity index (χ1n) is 3.14. The van der Waals surface area contributed by atoms with Crippen molar-refractivity contribution >= 4 is 17.3 Å². The standard InChI is InChI=1S/C7H4ClF4N/c8-4-1-3(9)2-5(13)6(4)7(10,11)12/h1-2H,13H2. The minimum absolute atomic E-state index is 0.570. The molecule has 0 aliphatic heterocycles. The summed E-state index contributed by atoms with van der Waals surface area (Å²) in [6.45, 7) is 0. The van der Waals surface area contributed by atoms with Gasteiger partial charge in [-0.3, -0.25) is 0 Å². The summed E-state index contributed by atoms with van der Waals surface area (Å²) in [6, 6.07) is 1.15. The largest absolute Gasteiger partial charge is 0.419 e. The van der Waals surface area contributed by atoms with Gasteiger partial charge in [-0.1, -0.05) is 11.6 Å². The Morgan fingerprint density at radius 1 is 1.23 bits per heavy atom. The number of nitrogens with two attached hydrogens (primary N) is 1. The number of nitrogen functional groups attached to an aromatic ring is 1. The molecule has 0 heterocycles. The molecule has 0 aliphatic carbocycles. The highest BCUT2D eigenvalue weighted by Gasteiger charge is 2.35. The first-order valence-corrected chi connectivity index (χ1v) is 3.52. The van der Waals surface area contributed by atoms with Crippen LogP contribution in [0.2, 0.25) is 5.02 Å². The maximum Gasteiger partial charge on any atom is 0.419 e. The molecule has 6 heteroatoms. The molecule has 0 unspecified atom stereocenters. The number of hydrogen-bond donors (Lipinski definition) is 1. The van der Waals surface area contributed by atoms with Crippen molar-refractivity contribution in [3.63, 3.8) is 0 Å². The molecule has 1 aromatic rings. The van der Waals surface area contributed by atoms with Crippen molar-refractivity contribution in [1.29, 1.82) is 0 Å². The van der Waals surface area contributed by atoms with Gasteiger partial charge in [0, 0.05) is 5.69 Å². The third kappa shape index (κ3) is 2.03. The second-order valence-corrected chi connectivity index (χ2v) is 2.76. The summed E-state index contributed by atoms with van der Waals surface area (Å²) < 4.78 is 48.9. The lowest BCUT2D eigenvalue weighted by Crippen LogP contribution is -2.10. The lowest BCUT2D eigenvalue weighted by atomic mass is 10.1. The molecule has 0 bridgehead atoms. The van der Waals surface area contributed by atoms with Crippen molar-refractivity contribution in [2.45, 2.75) is 6.18 Å². The summed E-state index contributed by atoms with van der Waals surface area (Å²) in [6.07, 6.45) is -4.66. The van der Waals surface area contributed by atoms with Crippen molar-refractivity contribution in [3.05, 3.63) is 28.5 Å². The molecule has 2 N–H and O–H groups in total. The average molecular weight is 214 g/mol. The average Bonchev–Trinajstić information content (AvgIpc) is 1.78. The number of alkyl halides is 3. The maximum atomic E-state index is 12.5. The van der Waals surface area contributed by atoms with Gasteiger partial charge >= 0.3 is 6.18 Å². The summed E-state index contributed by atoms with van der Waals surface area (Å²) in [5, 5.41) is -0.731. The van der Waals surface area contributed by atoms with Crippen molar-refractivity contribution in [1.82, 2.24) is 0 Å². The highest BCUT2D eigenvalue weighted by Crippen LogP contribution is 2.38. The van der Waals surface area contributed by atoms with Gasteiger partial charge in [0.05, 0.1) is 10.6 Å². The smallest absolute Gasteiger partial charge is 0.398 e. The molecule has 0 fully saturated rings. The quantitative estimate of drug-likeness (QED) is 0.520. The van der Waals surface area contributed by atoms with E-state index in [4.69, 9.17) is 17.3 Å². The number of halogens is 5. The van der Waals surface area contributed by atoms with Crippen LogP contribution in [0.1, 0.15) is 5.56 Å². The van der Waals surface area contributed by atoms with Gasteiger partial charge in [-0.05, 0) is 12.1 Å². The van der Waals surface area contributed by atoms with Gasteiger partial charge in [0.2, 0.25) is 0 Å². The van der Waals surface area contributed by atoms with Crippen molar-refractivity contribution in [3.8, 4) is 0 Å². The molecule has 13 heavy (non-hydrogen) atoms. The Hall–Kier alpha value is -0.970. The second-order valence-electron chi connectivity index (χ2n) is 2.35. The van der Waals surface area contributed by atoms with Gasteiger partial charge in [0.25, 0.3) is 0 Å². The van der Waals surface area contributed by atoms with Crippen LogP contribution >= 0.6 is 11.6 Å². The van der Waals surface area contributed by atoms with E-state index in [1.807, 2.05) is 0 Å². The molecule has 0 saturated carbocycles. The molecule has 1 aromatic carbocycles. The van der Waals surface area contributed by atoms with E-state index in [1.54, 1.807) is 0 Å². The predicted molar refractivity (Wildman–Crippen MR) is 40.8 cm³/mol. The normalized spacial score (nSPS) is 11.8. The van der Waals surface area contributed by atoms with Crippen molar-refractivity contribution in [2.24, 2.45) is 0 Å². The van der Waals surface area contributed by atoms with Gasteiger partial charge in [-0.25, -0.2) is 4.39 Å². The monoisotopic (exact) mass is 213 g/mol. The fraction of sp³-hybridized carbons (Fsp3) is 0.143. The van der Waals surface area contributed by atoms with E-state index in [-0.39, 0.29) is 0 Å². The van der Waals surface area contributed by atoms with E-state index in [9.17, 15) is 17.6 Å². The Morgan fingerprint density at radius 2 is 1.77 bits per heavy atom. The van der Waals surface area contributed by atoms with Crippen LogP contribution < -0.4 is 5.73 Å². The molecule has 0 aromatic heterocycles. The minimum Gasteiger partial charge on any atom is -0.398 e. The predicted octanol–water partition coefficient (Wildman–Crippen LogP) is 3.08. The Morgan fingerprint density at radius 3 is 2.15 bits per heavy atom. The molecule has 0 atom stereocenters. The maximum absolute atomic E-state index is 12.5. The molecule has 72 valence electrons. The zero-order valence-electron chi connectivity index (χ0n) is 6.12. The minimum atomic E-state index is -4.66. The van der Waals surface area contributed by atoms with Gasteiger partial charge in [-0.15, -0.1) is 0 Å². The fourth-order valence-electron chi connectivity index (χ4n) is 0.893. The van der Waals surface area contributed by atoms with E-state index >= 15 is 0 Å². The highest BCUT2D eigenvalue weighted by atomic mass is 35.5. The number of hydrogen-bond acceptors (Lipinski definition) is 1. The number of benzene rings is 1. The van der Waals surface area contributed by atoms with Gasteiger partial charge in [0.1, 0.15) is 5.82 Å². The number of anilines is 1. The molecule has 0 radical (unpaired) electrons. The summed E-state index contributed by atoms with van der Waals surface area (Å²) in [5.41, 5.74) is 3.05. The van der Waals surface area contributed by atoms with Gasteiger partial charge in [0.15, 0.2) is 0 Å². The summed E-state index contributed by atoms with van der Waals surface area (Å²) >= 11 is 5.18. The topological polar surface area (TPSA) is 26.0 Å². The van der Waals surface area contributed by atoms with Crippen molar-refractivity contribution in [2.75, 3.05) is 5.73 Å². The molecule has 1 rings (SSSR count). The van der Waals surface area contributed by atoms with E-state index in [0.29, 0.717) is 12.1 Å². The SMILES string of the molecule is Nc1cc(F)cc(Cl)c1C(F)(F)F. The van der Waals surface area contributed by atoms with Gasteiger partial charge in [-0.2, -0.15) is 13.2 Å². The zero-order valence-corrected chi connectivity index (χ0v) is 6.88. The van der Waals surface area contributed by atoms with Crippen LogP contribution in [0.25, 0.3) is 0 Å². The Labute approximate surface area is 76.1 Å².